The molecule has 1 fully saturated rings. The fourth-order valence-electron chi connectivity index (χ4n) is 3.19. The Bertz CT molecular complexity index is 755. The van der Waals surface area contributed by atoms with E-state index >= 15 is 0 Å². The largest absolute Gasteiger partial charge is 0.497 e. The number of methoxy groups -OCH3 is 1. The molecule has 0 spiro atoms. The third kappa shape index (κ3) is 5.97. The summed E-state index contributed by atoms with van der Waals surface area (Å²) in [5.74, 6) is 0.387. The summed E-state index contributed by atoms with van der Waals surface area (Å²) < 4.78 is 34.2. The number of hydroxylamine groups is 2. The number of ketones is 1. The first-order chi connectivity index (χ1) is 13.1. The van der Waals surface area contributed by atoms with Crippen LogP contribution in [0.25, 0.3) is 0 Å². The number of Topliss-reactive ketones (excluding diaryl/α,β-unsaturated/α-hetero) is 1. The average Bonchev–Trinajstić information content (AvgIpc) is 2.65. The molecule has 0 saturated carbocycles. The minimum atomic E-state index is -4.79. The van der Waals surface area contributed by atoms with E-state index in [2.05, 4.69) is 0 Å². The highest BCUT2D eigenvalue weighted by Gasteiger charge is 2.46. The van der Waals surface area contributed by atoms with E-state index < -0.39 is 20.6 Å². The number of carbonyl (C=O) groups is 1. The molecule has 2 rings (SSSR count). The van der Waals surface area contributed by atoms with Crippen LogP contribution in [0.5, 0.6) is 5.75 Å². The fourth-order valence-corrected chi connectivity index (χ4v) is 6.62. The van der Waals surface area contributed by atoms with E-state index in [4.69, 9.17) is 9.36 Å². The zero-order valence-electron chi connectivity index (χ0n) is 15.9. The van der Waals surface area contributed by atoms with E-state index in [-0.39, 0.29) is 31.2 Å². The van der Waals surface area contributed by atoms with Crippen LogP contribution < -0.4 is 4.74 Å². The van der Waals surface area contributed by atoms with Crippen molar-refractivity contribution in [2.75, 3.05) is 20.2 Å². The first kappa shape index (κ1) is 23.2. The van der Waals surface area contributed by atoms with Crippen LogP contribution in [0.3, 0.4) is 0 Å². The van der Waals surface area contributed by atoms with Crippen LogP contribution in [0.15, 0.2) is 24.3 Å². The van der Waals surface area contributed by atoms with Gasteiger partial charge in [0.25, 0.3) is 0 Å². The van der Waals surface area contributed by atoms with E-state index in [9.17, 15) is 28.6 Å². The predicted octanol–water partition coefficient (Wildman–Crippen LogP) is 3.01. The summed E-state index contributed by atoms with van der Waals surface area (Å²) in [4.78, 5) is 41.5. The SMILES string of the molecule is CCCC(P(=O)(O)O)P(=O)(O)ON1CCC(C(=O)c2ccc(OC)cc2)CC1. The van der Waals surface area contributed by atoms with Gasteiger partial charge in [-0.2, -0.15) is 5.06 Å². The van der Waals surface area contributed by atoms with Crippen molar-refractivity contribution in [3.8, 4) is 5.75 Å². The maximum Gasteiger partial charge on any atom is 0.359 e. The number of hydrogen-bond donors (Lipinski definition) is 3. The van der Waals surface area contributed by atoms with E-state index in [0.29, 0.717) is 30.6 Å². The Balaban J connectivity index is 1.96. The summed E-state index contributed by atoms with van der Waals surface area (Å²) in [6.45, 7) is 2.10. The Kier molecular flexibility index (Phi) is 7.99. The molecule has 0 radical (unpaired) electrons. The first-order valence-corrected chi connectivity index (χ1v) is 12.4. The third-order valence-electron chi connectivity index (χ3n) is 4.74. The normalized spacial score (nSPS) is 19.8. The second-order valence-corrected chi connectivity index (χ2v) is 10.9. The van der Waals surface area contributed by atoms with Crippen LogP contribution in [0, 0.1) is 5.92 Å². The lowest BCUT2D eigenvalue weighted by Gasteiger charge is -2.33. The molecule has 1 aliphatic heterocycles. The number of piperidine rings is 1. The van der Waals surface area contributed by atoms with Crippen LogP contribution >= 0.6 is 15.2 Å². The summed E-state index contributed by atoms with van der Waals surface area (Å²) >= 11 is 0. The van der Waals surface area contributed by atoms with Gasteiger partial charge in [-0.3, -0.25) is 13.9 Å². The Morgan fingerprint density at radius 3 is 2.21 bits per heavy atom. The molecule has 1 aromatic rings. The molecule has 1 aliphatic rings. The topological polar surface area (TPSA) is 134 Å². The van der Waals surface area contributed by atoms with Gasteiger partial charge in [0, 0.05) is 24.6 Å². The molecule has 28 heavy (non-hydrogen) atoms. The highest BCUT2D eigenvalue weighted by Crippen LogP contribution is 2.64. The van der Waals surface area contributed by atoms with Gasteiger partial charge in [-0.25, -0.2) is 4.62 Å². The van der Waals surface area contributed by atoms with E-state index in [1.54, 1.807) is 38.3 Å². The van der Waals surface area contributed by atoms with Crippen molar-refractivity contribution in [1.82, 2.24) is 5.06 Å². The van der Waals surface area contributed by atoms with Crippen LogP contribution in [-0.4, -0.2) is 51.1 Å². The molecule has 0 aromatic heterocycles. The van der Waals surface area contributed by atoms with Gasteiger partial charge in [0.15, 0.2) is 11.2 Å². The monoisotopic (exact) mass is 435 g/mol. The smallest absolute Gasteiger partial charge is 0.359 e. The standard InChI is InChI=1S/C17H27NO8P2/c1-3-4-16(27(20,21)22)28(23,24)26-18-11-9-14(10-12-18)17(19)13-5-7-15(25-2)8-6-13/h5-8,14,16H,3-4,9-12H2,1-2H3,(H,23,24)(H2,20,21,22). The molecule has 0 amide bonds. The number of hydrogen-bond acceptors (Lipinski definition) is 6. The molecule has 1 aromatic carbocycles. The Morgan fingerprint density at radius 2 is 1.75 bits per heavy atom. The lowest BCUT2D eigenvalue weighted by Crippen LogP contribution is -2.36. The minimum Gasteiger partial charge on any atom is -0.497 e. The van der Waals surface area contributed by atoms with Crippen molar-refractivity contribution in [3.05, 3.63) is 29.8 Å². The highest BCUT2D eigenvalue weighted by molar-refractivity contribution is 7.71. The highest BCUT2D eigenvalue weighted by atomic mass is 31.2. The van der Waals surface area contributed by atoms with Crippen molar-refractivity contribution in [3.63, 3.8) is 0 Å². The van der Waals surface area contributed by atoms with E-state index in [0.717, 1.165) is 0 Å². The van der Waals surface area contributed by atoms with Gasteiger partial charge in [-0.05, 0) is 43.5 Å². The molecule has 1 saturated heterocycles. The van der Waals surface area contributed by atoms with Crippen molar-refractivity contribution in [2.24, 2.45) is 5.92 Å². The zero-order chi connectivity index (χ0) is 20.9. The summed E-state index contributed by atoms with van der Waals surface area (Å²) in [5, 5.41) is -0.514. The Labute approximate surface area is 164 Å². The molecule has 0 aliphatic carbocycles. The van der Waals surface area contributed by atoms with Gasteiger partial charge in [0.2, 0.25) is 0 Å². The van der Waals surface area contributed by atoms with Gasteiger partial charge in [-0.1, -0.05) is 13.3 Å². The van der Waals surface area contributed by atoms with E-state index in [1.807, 2.05) is 0 Å². The van der Waals surface area contributed by atoms with Gasteiger partial charge >= 0.3 is 15.2 Å². The third-order valence-corrected chi connectivity index (χ3v) is 9.03. The summed E-state index contributed by atoms with van der Waals surface area (Å²) in [6.07, 6.45) is 1.05. The molecule has 11 heteroatoms. The number of benzene rings is 1. The van der Waals surface area contributed by atoms with Gasteiger partial charge in [0.05, 0.1) is 7.11 Å². The molecular weight excluding hydrogens is 408 g/mol. The fraction of sp³-hybridized carbons (Fsp3) is 0.588. The number of ether oxygens (including phenoxy) is 1. The molecule has 3 N–H and O–H groups in total. The van der Waals surface area contributed by atoms with Crippen LogP contribution in [-0.2, 0) is 13.8 Å². The molecule has 9 nitrogen and oxygen atoms in total. The van der Waals surface area contributed by atoms with Crippen LogP contribution in [0.1, 0.15) is 43.0 Å². The Hall–Kier alpha value is -1.05. The van der Waals surface area contributed by atoms with Crippen LogP contribution in [0.4, 0.5) is 0 Å². The Morgan fingerprint density at radius 1 is 1.18 bits per heavy atom. The average molecular weight is 435 g/mol. The van der Waals surface area contributed by atoms with Gasteiger partial charge in [0.1, 0.15) is 5.75 Å². The van der Waals surface area contributed by atoms with Crippen molar-refractivity contribution < 1.29 is 38.0 Å². The maximum absolute atomic E-state index is 12.6. The molecule has 2 atom stereocenters. The molecule has 1 heterocycles. The summed E-state index contributed by atoms with van der Waals surface area (Å²) in [6, 6.07) is 6.82. The van der Waals surface area contributed by atoms with E-state index in [1.165, 1.54) is 5.06 Å². The predicted molar refractivity (Wildman–Crippen MR) is 103 cm³/mol. The maximum atomic E-state index is 12.6. The van der Waals surface area contributed by atoms with Gasteiger partial charge < -0.3 is 19.4 Å². The van der Waals surface area contributed by atoms with Crippen LogP contribution in [0.2, 0.25) is 0 Å². The quantitative estimate of drug-likeness (QED) is 0.395. The molecular formula is C17H27NO8P2. The summed E-state index contributed by atoms with van der Waals surface area (Å²) in [5.41, 5.74) is 0.567. The first-order valence-electron chi connectivity index (χ1n) is 9.09. The summed E-state index contributed by atoms with van der Waals surface area (Å²) in [7, 11) is -7.80. The van der Waals surface area contributed by atoms with Crippen molar-refractivity contribution in [1.29, 1.82) is 0 Å². The number of rotatable bonds is 9. The second kappa shape index (κ2) is 9.63. The number of carbonyl (C=O) groups excluding carboxylic acids is 1. The lowest BCUT2D eigenvalue weighted by molar-refractivity contribution is -0.0867. The second-order valence-electron chi connectivity index (χ2n) is 6.80. The minimum absolute atomic E-state index is 0.0199. The lowest BCUT2D eigenvalue weighted by atomic mass is 9.89. The zero-order valence-corrected chi connectivity index (χ0v) is 17.7. The molecule has 158 valence electrons. The van der Waals surface area contributed by atoms with Crippen molar-refractivity contribution in [2.45, 2.75) is 38.0 Å². The number of nitrogens with zero attached hydrogens (tertiary/aromatic N) is 1. The van der Waals surface area contributed by atoms with Gasteiger partial charge in [-0.15, -0.1) is 0 Å². The van der Waals surface area contributed by atoms with Crippen molar-refractivity contribution >= 4 is 21.0 Å². The molecule has 2 unspecified atom stereocenters. The molecule has 0 bridgehead atoms.